The van der Waals surface area contributed by atoms with Gasteiger partial charge in [0.2, 0.25) is 5.91 Å². The third-order valence-corrected chi connectivity index (χ3v) is 5.50. The van der Waals surface area contributed by atoms with E-state index in [-0.39, 0.29) is 30.8 Å². The number of rotatable bonds is 5. The van der Waals surface area contributed by atoms with Crippen LogP contribution in [-0.4, -0.2) is 53.9 Å². The van der Waals surface area contributed by atoms with E-state index in [1.165, 1.54) is 0 Å². The van der Waals surface area contributed by atoms with Gasteiger partial charge in [-0.05, 0) is 44.2 Å². The van der Waals surface area contributed by atoms with Gasteiger partial charge in [0.15, 0.2) is 0 Å². The number of ether oxygens (including phenoxy) is 3. The Hall–Kier alpha value is -1.96. The summed E-state index contributed by atoms with van der Waals surface area (Å²) < 4.78 is 17.0. The van der Waals surface area contributed by atoms with E-state index in [2.05, 4.69) is 15.3 Å². The third kappa shape index (κ3) is 4.31. The number of fused-ring (bicyclic) bond motifs is 1. The molecule has 2 aromatic rings. The monoisotopic (exact) mass is 373 g/mol. The van der Waals surface area contributed by atoms with Gasteiger partial charge in [0.1, 0.15) is 19.0 Å². The van der Waals surface area contributed by atoms with Gasteiger partial charge in [0, 0.05) is 25.9 Å². The zero-order valence-corrected chi connectivity index (χ0v) is 15.8. The highest BCUT2D eigenvalue weighted by atomic mass is 16.5. The third-order valence-electron chi connectivity index (χ3n) is 5.50. The van der Waals surface area contributed by atoms with E-state index in [1.54, 1.807) is 0 Å². The number of hydrogen-bond acceptors (Lipinski definition) is 5. The first-order valence-electron chi connectivity index (χ1n) is 9.67. The van der Waals surface area contributed by atoms with Crippen molar-refractivity contribution in [2.75, 3.05) is 26.4 Å². The van der Waals surface area contributed by atoms with Crippen LogP contribution in [0.5, 0.6) is 0 Å². The second kappa shape index (κ2) is 7.96. The van der Waals surface area contributed by atoms with Gasteiger partial charge in [0.05, 0.1) is 16.6 Å². The highest BCUT2D eigenvalue weighted by Gasteiger charge is 2.39. The van der Waals surface area contributed by atoms with Crippen molar-refractivity contribution >= 4 is 16.9 Å². The number of carbonyl (C=O) groups is 1. The molecule has 1 aromatic heterocycles. The molecular weight excluding hydrogens is 346 g/mol. The topological polar surface area (TPSA) is 85.5 Å². The van der Waals surface area contributed by atoms with Crippen molar-refractivity contribution in [1.82, 2.24) is 15.3 Å². The number of carbonyl (C=O) groups excluding carboxylic acids is 1. The van der Waals surface area contributed by atoms with Crippen LogP contribution in [0.4, 0.5) is 0 Å². The van der Waals surface area contributed by atoms with Gasteiger partial charge in [0.25, 0.3) is 0 Å². The number of H-pyrrole nitrogens is 1. The molecule has 7 heteroatoms. The fourth-order valence-corrected chi connectivity index (χ4v) is 4.05. The number of para-hydroxylation sites is 1. The van der Waals surface area contributed by atoms with Crippen molar-refractivity contribution in [1.29, 1.82) is 0 Å². The molecule has 2 aliphatic heterocycles. The molecule has 2 saturated heterocycles. The molecule has 2 N–H and O–H groups in total. The average Bonchev–Trinajstić information content (AvgIpc) is 3.07. The van der Waals surface area contributed by atoms with E-state index < -0.39 is 0 Å². The maximum atomic E-state index is 12.3. The average molecular weight is 373 g/mol. The Kier molecular flexibility index (Phi) is 5.43. The molecule has 1 aromatic carbocycles. The van der Waals surface area contributed by atoms with Gasteiger partial charge in [-0.15, -0.1) is 0 Å². The van der Waals surface area contributed by atoms with Crippen LogP contribution in [0.1, 0.15) is 37.1 Å². The highest BCUT2D eigenvalue weighted by molar-refractivity contribution is 5.78. The zero-order chi connectivity index (χ0) is 18.7. The smallest absolute Gasteiger partial charge is 0.246 e. The molecular formula is C20H27N3O4. The minimum Gasteiger partial charge on any atom is -0.381 e. The number of nitrogens with zero attached hydrogens (tertiary/aromatic N) is 1. The van der Waals surface area contributed by atoms with Crippen molar-refractivity contribution in [3.05, 3.63) is 29.6 Å². The van der Waals surface area contributed by atoms with E-state index in [4.69, 9.17) is 14.2 Å². The van der Waals surface area contributed by atoms with Crippen LogP contribution in [0.15, 0.2) is 18.2 Å². The molecule has 0 bridgehead atoms. The quantitative estimate of drug-likeness (QED) is 0.839. The summed E-state index contributed by atoms with van der Waals surface area (Å²) >= 11 is 0. The Balaban J connectivity index is 1.25. The largest absolute Gasteiger partial charge is 0.381 e. The van der Waals surface area contributed by atoms with Gasteiger partial charge < -0.3 is 24.5 Å². The molecule has 7 nitrogen and oxygen atoms in total. The summed E-state index contributed by atoms with van der Waals surface area (Å²) in [6, 6.07) is 6.15. The molecule has 2 aliphatic rings. The van der Waals surface area contributed by atoms with Gasteiger partial charge in [-0.3, -0.25) is 4.79 Å². The molecule has 1 spiro atoms. The predicted octanol–water partition coefficient (Wildman–Crippen LogP) is 2.23. The van der Waals surface area contributed by atoms with Crippen molar-refractivity contribution < 1.29 is 19.0 Å². The van der Waals surface area contributed by atoms with Crippen LogP contribution in [-0.2, 0) is 25.6 Å². The predicted molar refractivity (Wildman–Crippen MR) is 100 cm³/mol. The van der Waals surface area contributed by atoms with E-state index in [1.807, 2.05) is 25.1 Å². The van der Waals surface area contributed by atoms with Gasteiger partial charge >= 0.3 is 0 Å². The summed E-state index contributed by atoms with van der Waals surface area (Å²) in [5.41, 5.74) is 2.93. The summed E-state index contributed by atoms with van der Waals surface area (Å²) in [4.78, 5) is 20.0. The number of aromatic amines is 1. The molecule has 4 rings (SSSR count). The Labute approximate surface area is 158 Å². The summed E-state index contributed by atoms with van der Waals surface area (Å²) in [7, 11) is 0. The molecule has 27 heavy (non-hydrogen) atoms. The molecule has 0 radical (unpaired) electrons. The van der Waals surface area contributed by atoms with Crippen LogP contribution in [0.3, 0.4) is 0 Å². The number of aryl methyl sites for hydroxylation is 1. The van der Waals surface area contributed by atoms with Gasteiger partial charge in [-0.2, -0.15) is 0 Å². The maximum absolute atomic E-state index is 12.3. The normalized spacial score (nSPS) is 22.2. The number of aromatic nitrogens is 2. The highest BCUT2D eigenvalue weighted by Crippen LogP contribution is 2.34. The van der Waals surface area contributed by atoms with Crippen LogP contribution in [0.2, 0.25) is 0 Å². The standard InChI is InChI=1S/C20H27N3O4/c1-14-3-2-4-16-19(14)23-17(22-16)12-26-13-18(24)21-15-5-8-27-20(11-15)6-9-25-10-7-20/h2-4,15H,5-13H2,1H3,(H,21,24)(H,22,23). The minimum atomic E-state index is -0.124. The Morgan fingerprint density at radius 2 is 2.22 bits per heavy atom. The van der Waals surface area contributed by atoms with Crippen LogP contribution in [0.25, 0.3) is 11.0 Å². The minimum absolute atomic E-state index is 0.0312. The first-order chi connectivity index (χ1) is 13.1. The van der Waals surface area contributed by atoms with Crippen molar-refractivity contribution in [2.24, 2.45) is 0 Å². The SMILES string of the molecule is Cc1cccc2[nH]c(COCC(=O)NC3CCOC4(CCOCC4)C3)nc12. The lowest BCUT2D eigenvalue weighted by molar-refractivity contribution is -0.145. The molecule has 1 atom stereocenters. The number of benzene rings is 1. The summed E-state index contributed by atoms with van der Waals surface area (Å²) in [5.74, 6) is 0.649. The number of amides is 1. The Bertz CT molecular complexity index is 792. The molecule has 1 amide bonds. The van der Waals surface area contributed by atoms with E-state index >= 15 is 0 Å². The van der Waals surface area contributed by atoms with Crippen molar-refractivity contribution in [3.63, 3.8) is 0 Å². The summed E-state index contributed by atoms with van der Waals surface area (Å²) in [6.45, 7) is 4.51. The number of imidazole rings is 1. The fourth-order valence-electron chi connectivity index (χ4n) is 4.05. The molecule has 2 fully saturated rings. The lowest BCUT2D eigenvalue weighted by Crippen LogP contribution is -2.51. The van der Waals surface area contributed by atoms with Crippen molar-refractivity contribution in [3.8, 4) is 0 Å². The summed E-state index contributed by atoms with van der Waals surface area (Å²) in [6.07, 6.45) is 3.50. The summed E-state index contributed by atoms with van der Waals surface area (Å²) in [5, 5.41) is 3.10. The van der Waals surface area contributed by atoms with Crippen LogP contribution >= 0.6 is 0 Å². The molecule has 146 valence electrons. The lowest BCUT2D eigenvalue weighted by atomic mass is 9.84. The Morgan fingerprint density at radius 3 is 3.04 bits per heavy atom. The first kappa shape index (κ1) is 18.4. The second-order valence-electron chi connectivity index (χ2n) is 7.55. The van der Waals surface area contributed by atoms with Crippen LogP contribution in [0, 0.1) is 6.92 Å². The molecule has 0 aliphatic carbocycles. The molecule has 3 heterocycles. The number of nitrogens with one attached hydrogen (secondary N) is 2. The number of hydrogen-bond donors (Lipinski definition) is 2. The molecule has 0 saturated carbocycles. The van der Waals surface area contributed by atoms with E-state index in [0.29, 0.717) is 6.61 Å². The van der Waals surface area contributed by atoms with Gasteiger partial charge in [-0.1, -0.05) is 12.1 Å². The fraction of sp³-hybridized carbons (Fsp3) is 0.600. The maximum Gasteiger partial charge on any atom is 0.246 e. The van der Waals surface area contributed by atoms with Gasteiger partial charge in [-0.25, -0.2) is 4.98 Å². The van der Waals surface area contributed by atoms with E-state index in [0.717, 1.165) is 61.3 Å². The lowest BCUT2D eigenvalue weighted by Gasteiger charge is -2.43. The Morgan fingerprint density at radius 1 is 1.37 bits per heavy atom. The second-order valence-corrected chi connectivity index (χ2v) is 7.55. The van der Waals surface area contributed by atoms with E-state index in [9.17, 15) is 4.79 Å². The zero-order valence-electron chi connectivity index (χ0n) is 15.8. The van der Waals surface area contributed by atoms with Crippen LogP contribution < -0.4 is 5.32 Å². The van der Waals surface area contributed by atoms with Crippen molar-refractivity contribution in [2.45, 2.75) is 50.9 Å². The first-order valence-corrected chi connectivity index (χ1v) is 9.67. The molecule has 1 unspecified atom stereocenters.